The number of rotatable bonds is 4. The zero-order valence-electron chi connectivity index (χ0n) is 11.9. The third-order valence-corrected chi connectivity index (χ3v) is 3.71. The lowest BCUT2D eigenvalue weighted by molar-refractivity contribution is 0.575. The third kappa shape index (κ3) is 2.93. The number of hydrogen-bond donors (Lipinski definition) is 1. The van der Waals surface area contributed by atoms with Crippen molar-refractivity contribution < 1.29 is 4.39 Å². The van der Waals surface area contributed by atoms with Crippen molar-refractivity contribution in [2.75, 3.05) is 7.05 Å². The maximum atomic E-state index is 13.3. The van der Waals surface area contributed by atoms with E-state index in [0.29, 0.717) is 6.42 Å². The van der Waals surface area contributed by atoms with E-state index in [4.69, 9.17) is 0 Å². The molecule has 1 unspecified atom stereocenters. The van der Waals surface area contributed by atoms with Gasteiger partial charge in [0.1, 0.15) is 5.82 Å². The highest BCUT2D eigenvalue weighted by molar-refractivity contribution is 5.84. The Bertz CT molecular complexity index is 750. The van der Waals surface area contributed by atoms with Crippen LogP contribution in [0.1, 0.15) is 17.3 Å². The minimum atomic E-state index is -0.201. The lowest BCUT2D eigenvalue weighted by Crippen LogP contribution is -2.20. The number of nitrogens with zero attached hydrogens (tertiary/aromatic N) is 1. The van der Waals surface area contributed by atoms with Crippen molar-refractivity contribution in [1.82, 2.24) is 10.3 Å². The molecular weight excluding hydrogens is 263 g/mol. The van der Waals surface area contributed by atoms with E-state index >= 15 is 0 Å². The van der Waals surface area contributed by atoms with E-state index in [1.165, 1.54) is 11.5 Å². The van der Waals surface area contributed by atoms with E-state index < -0.39 is 0 Å². The van der Waals surface area contributed by atoms with Crippen LogP contribution in [-0.4, -0.2) is 12.0 Å². The van der Waals surface area contributed by atoms with Gasteiger partial charge in [-0.05, 0) is 42.6 Å². The van der Waals surface area contributed by atoms with Crippen LogP contribution in [0.25, 0.3) is 10.8 Å². The van der Waals surface area contributed by atoms with Gasteiger partial charge in [-0.25, -0.2) is 4.39 Å². The molecule has 0 fully saturated rings. The van der Waals surface area contributed by atoms with E-state index in [-0.39, 0.29) is 11.9 Å². The van der Waals surface area contributed by atoms with Crippen molar-refractivity contribution in [2.45, 2.75) is 12.5 Å². The van der Waals surface area contributed by atoms with E-state index in [0.717, 1.165) is 16.6 Å². The molecule has 0 aliphatic carbocycles. The summed E-state index contributed by atoms with van der Waals surface area (Å²) in [4.78, 5) is 4.54. The number of nitrogens with one attached hydrogen (secondary N) is 1. The largest absolute Gasteiger partial charge is 0.311 e. The first-order valence-electron chi connectivity index (χ1n) is 7.03. The van der Waals surface area contributed by atoms with Gasteiger partial charge in [-0.3, -0.25) is 4.98 Å². The predicted octanol–water partition coefficient (Wildman–Crippen LogP) is 3.88. The summed E-state index contributed by atoms with van der Waals surface area (Å²) in [5.74, 6) is -0.201. The minimum Gasteiger partial charge on any atom is -0.311 e. The second-order valence-corrected chi connectivity index (χ2v) is 5.09. The number of benzene rings is 2. The second-order valence-electron chi connectivity index (χ2n) is 5.09. The van der Waals surface area contributed by atoms with Gasteiger partial charge in [-0.1, -0.05) is 36.4 Å². The van der Waals surface area contributed by atoms with Gasteiger partial charge >= 0.3 is 0 Å². The molecule has 106 valence electrons. The summed E-state index contributed by atoms with van der Waals surface area (Å²) >= 11 is 0. The van der Waals surface area contributed by atoms with Crippen LogP contribution in [0.15, 0.2) is 60.8 Å². The summed E-state index contributed by atoms with van der Waals surface area (Å²) in [7, 11) is 1.91. The van der Waals surface area contributed by atoms with Gasteiger partial charge in [0.2, 0.25) is 0 Å². The highest BCUT2D eigenvalue weighted by atomic mass is 19.1. The molecule has 0 spiro atoms. The zero-order chi connectivity index (χ0) is 14.7. The minimum absolute atomic E-state index is 0.0536. The molecule has 3 rings (SSSR count). The van der Waals surface area contributed by atoms with Gasteiger partial charge in [0.05, 0.1) is 11.7 Å². The standard InChI is InChI=1S/C18H17FN2/c1-20-17(12-13-5-4-7-15(19)11-13)18-16-8-3-2-6-14(16)9-10-21-18/h2-11,17,20H,12H2,1H3. The molecule has 1 atom stereocenters. The molecule has 1 aromatic heterocycles. The lowest BCUT2D eigenvalue weighted by Gasteiger charge is -2.17. The number of aromatic nitrogens is 1. The summed E-state index contributed by atoms with van der Waals surface area (Å²) in [6, 6.07) is 17.0. The molecule has 3 aromatic rings. The Balaban J connectivity index is 1.98. The topological polar surface area (TPSA) is 24.9 Å². The van der Waals surface area contributed by atoms with E-state index in [1.807, 2.05) is 37.5 Å². The average molecular weight is 280 g/mol. The van der Waals surface area contributed by atoms with Crippen LogP contribution in [-0.2, 0) is 6.42 Å². The second kappa shape index (κ2) is 6.02. The van der Waals surface area contributed by atoms with Crippen LogP contribution >= 0.6 is 0 Å². The quantitative estimate of drug-likeness (QED) is 0.784. The summed E-state index contributed by atoms with van der Waals surface area (Å²) in [5, 5.41) is 5.60. The highest BCUT2D eigenvalue weighted by Crippen LogP contribution is 2.24. The number of hydrogen-bond acceptors (Lipinski definition) is 2. The summed E-state index contributed by atoms with van der Waals surface area (Å²) in [6.07, 6.45) is 2.53. The fraction of sp³-hybridized carbons (Fsp3) is 0.167. The molecule has 0 saturated carbocycles. The van der Waals surface area contributed by atoms with Gasteiger partial charge in [0, 0.05) is 11.6 Å². The van der Waals surface area contributed by atoms with Crippen molar-refractivity contribution >= 4 is 10.8 Å². The molecule has 0 amide bonds. The molecule has 0 aliphatic rings. The summed E-state index contributed by atoms with van der Waals surface area (Å²) in [6.45, 7) is 0. The SMILES string of the molecule is CNC(Cc1cccc(F)c1)c1nccc2ccccc12. The fourth-order valence-electron chi connectivity index (χ4n) is 2.66. The normalized spacial score (nSPS) is 12.5. The fourth-order valence-corrected chi connectivity index (χ4v) is 2.66. The smallest absolute Gasteiger partial charge is 0.123 e. The van der Waals surface area contributed by atoms with E-state index in [2.05, 4.69) is 22.4 Å². The first-order chi connectivity index (χ1) is 10.3. The molecule has 2 nitrogen and oxygen atoms in total. The Hall–Kier alpha value is -2.26. The van der Waals surface area contributed by atoms with Crippen molar-refractivity contribution in [2.24, 2.45) is 0 Å². The molecule has 1 heterocycles. The molecule has 3 heteroatoms. The Morgan fingerprint density at radius 1 is 1.10 bits per heavy atom. The van der Waals surface area contributed by atoms with E-state index in [1.54, 1.807) is 12.1 Å². The lowest BCUT2D eigenvalue weighted by atomic mass is 9.99. The summed E-state index contributed by atoms with van der Waals surface area (Å²) in [5.41, 5.74) is 1.96. The molecule has 1 N–H and O–H groups in total. The average Bonchev–Trinajstić information content (AvgIpc) is 2.52. The molecule has 0 saturated heterocycles. The van der Waals surface area contributed by atoms with Crippen LogP contribution in [0.2, 0.25) is 0 Å². The Labute approximate surface area is 123 Å². The van der Waals surface area contributed by atoms with Crippen LogP contribution in [0.4, 0.5) is 4.39 Å². The number of fused-ring (bicyclic) bond motifs is 1. The van der Waals surface area contributed by atoms with Gasteiger partial charge in [-0.2, -0.15) is 0 Å². The molecule has 0 radical (unpaired) electrons. The van der Waals surface area contributed by atoms with Crippen molar-refractivity contribution in [3.8, 4) is 0 Å². The first-order valence-corrected chi connectivity index (χ1v) is 7.03. The van der Waals surface area contributed by atoms with Crippen molar-refractivity contribution in [1.29, 1.82) is 0 Å². The van der Waals surface area contributed by atoms with E-state index in [9.17, 15) is 4.39 Å². The number of halogens is 1. The maximum Gasteiger partial charge on any atom is 0.123 e. The van der Waals surface area contributed by atoms with Crippen LogP contribution in [0.3, 0.4) is 0 Å². The van der Waals surface area contributed by atoms with Gasteiger partial charge in [0.25, 0.3) is 0 Å². The molecule has 0 aliphatic heterocycles. The maximum absolute atomic E-state index is 13.3. The van der Waals surface area contributed by atoms with Crippen LogP contribution in [0, 0.1) is 5.82 Å². The Kier molecular flexibility index (Phi) is 3.93. The zero-order valence-corrected chi connectivity index (χ0v) is 11.9. The monoisotopic (exact) mass is 280 g/mol. The molecular formula is C18H17FN2. The van der Waals surface area contributed by atoms with Crippen molar-refractivity contribution in [3.05, 3.63) is 77.9 Å². The molecule has 21 heavy (non-hydrogen) atoms. The van der Waals surface area contributed by atoms with Gasteiger partial charge in [-0.15, -0.1) is 0 Å². The first kappa shape index (κ1) is 13.7. The third-order valence-electron chi connectivity index (χ3n) is 3.71. The summed E-state index contributed by atoms with van der Waals surface area (Å²) < 4.78 is 13.3. The number of likely N-dealkylation sites (N-methyl/N-ethyl adjacent to an activating group) is 1. The number of pyridine rings is 1. The van der Waals surface area contributed by atoms with Crippen LogP contribution in [0.5, 0.6) is 0 Å². The Morgan fingerprint density at radius 3 is 2.76 bits per heavy atom. The Morgan fingerprint density at radius 2 is 1.95 bits per heavy atom. The van der Waals surface area contributed by atoms with Gasteiger partial charge < -0.3 is 5.32 Å². The van der Waals surface area contributed by atoms with Gasteiger partial charge in [0.15, 0.2) is 0 Å². The van der Waals surface area contributed by atoms with Crippen LogP contribution < -0.4 is 5.32 Å². The molecule has 2 aromatic carbocycles. The van der Waals surface area contributed by atoms with Crippen molar-refractivity contribution in [3.63, 3.8) is 0 Å². The molecule has 0 bridgehead atoms. The predicted molar refractivity (Wildman–Crippen MR) is 83.6 cm³/mol. The highest BCUT2D eigenvalue weighted by Gasteiger charge is 2.14.